The molecule has 1 aromatic carbocycles. The van der Waals surface area contributed by atoms with Crippen molar-refractivity contribution in [1.82, 2.24) is 5.32 Å². The number of benzene rings is 1. The third-order valence-corrected chi connectivity index (χ3v) is 3.36. The SMILES string of the molecule is O=C(O)c1ccc(F)c(CNCCC2CCOC2)c1. The van der Waals surface area contributed by atoms with E-state index < -0.39 is 5.97 Å². The first kappa shape index (κ1) is 14.0. The number of carbonyl (C=O) groups is 1. The molecular weight excluding hydrogens is 249 g/mol. The van der Waals surface area contributed by atoms with E-state index in [1.807, 2.05) is 0 Å². The number of hydrogen-bond donors (Lipinski definition) is 2. The lowest BCUT2D eigenvalue weighted by Gasteiger charge is -2.09. The molecule has 0 radical (unpaired) electrons. The summed E-state index contributed by atoms with van der Waals surface area (Å²) in [6.07, 6.45) is 2.09. The van der Waals surface area contributed by atoms with Crippen LogP contribution in [-0.2, 0) is 11.3 Å². The molecule has 0 spiro atoms. The lowest BCUT2D eigenvalue weighted by Crippen LogP contribution is -2.19. The summed E-state index contributed by atoms with van der Waals surface area (Å²) in [5.74, 6) is -0.825. The van der Waals surface area contributed by atoms with Crippen molar-refractivity contribution in [3.05, 3.63) is 35.1 Å². The Bertz CT molecular complexity index is 444. The number of aromatic carboxylic acids is 1. The molecule has 0 aromatic heterocycles. The molecule has 1 unspecified atom stereocenters. The van der Waals surface area contributed by atoms with Crippen molar-refractivity contribution < 1.29 is 19.0 Å². The number of ether oxygens (including phenoxy) is 1. The van der Waals surface area contributed by atoms with Crippen LogP contribution in [0.1, 0.15) is 28.8 Å². The second-order valence-corrected chi connectivity index (χ2v) is 4.81. The van der Waals surface area contributed by atoms with Gasteiger partial charge in [0.2, 0.25) is 0 Å². The smallest absolute Gasteiger partial charge is 0.335 e. The molecule has 0 amide bonds. The number of carboxylic acids is 1. The van der Waals surface area contributed by atoms with Gasteiger partial charge >= 0.3 is 5.97 Å². The predicted octanol–water partition coefficient (Wildman–Crippen LogP) is 2.04. The first-order chi connectivity index (χ1) is 9.16. The minimum absolute atomic E-state index is 0.113. The van der Waals surface area contributed by atoms with E-state index in [9.17, 15) is 9.18 Å². The average molecular weight is 267 g/mol. The molecule has 1 saturated heterocycles. The number of nitrogens with one attached hydrogen (secondary N) is 1. The summed E-state index contributed by atoms with van der Waals surface area (Å²) in [5.41, 5.74) is 0.505. The van der Waals surface area contributed by atoms with Crippen LogP contribution in [0.25, 0.3) is 0 Å². The molecule has 1 aliphatic heterocycles. The van der Waals surface area contributed by atoms with Crippen molar-refractivity contribution in [2.24, 2.45) is 5.92 Å². The highest BCUT2D eigenvalue weighted by molar-refractivity contribution is 5.87. The molecule has 2 N–H and O–H groups in total. The van der Waals surface area contributed by atoms with Crippen molar-refractivity contribution in [2.75, 3.05) is 19.8 Å². The predicted molar refractivity (Wildman–Crippen MR) is 68.6 cm³/mol. The minimum Gasteiger partial charge on any atom is -0.478 e. The van der Waals surface area contributed by atoms with Crippen LogP contribution in [0.2, 0.25) is 0 Å². The minimum atomic E-state index is -1.04. The highest BCUT2D eigenvalue weighted by atomic mass is 19.1. The van der Waals surface area contributed by atoms with Crippen LogP contribution < -0.4 is 5.32 Å². The van der Waals surface area contributed by atoms with E-state index in [-0.39, 0.29) is 11.4 Å². The highest BCUT2D eigenvalue weighted by Gasteiger charge is 2.14. The van der Waals surface area contributed by atoms with Crippen molar-refractivity contribution in [1.29, 1.82) is 0 Å². The third-order valence-electron chi connectivity index (χ3n) is 3.36. The van der Waals surface area contributed by atoms with Crippen LogP contribution in [-0.4, -0.2) is 30.8 Å². The Morgan fingerprint density at radius 2 is 2.37 bits per heavy atom. The van der Waals surface area contributed by atoms with Gasteiger partial charge in [0, 0.05) is 25.3 Å². The van der Waals surface area contributed by atoms with E-state index in [0.29, 0.717) is 18.0 Å². The summed E-state index contributed by atoms with van der Waals surface area (Å²) in [4.78, 5) is 10.8. The third kappa shape index (κ3) is 4.01. The molecular formula is C14H18FNO3. The Kier molecular flexibility index (Phi) is 4.87. The van der Waals surface area contributed by atoms with E-state index in [0.717, 1.165) is 32.6 Å². The van der Waals surface area contributed by atoms with Gasteiger partial charge in [-0.1, -0.05) is 0 Å². The first-order valence-electron chi connectivity index (χ1n) is 6.47. The number of rotatable bonds is 6. The zero-order chi connectivity index (χ0) is 13.7. The van der Waals surface area contributed by atoms with Gasteiger partial charge in [0.05, 0.1) is 5.56 Å². The lowest BCUT2D eigenvalue weighted by atomic mass is 10.1. The Labute approximate surface area is 111 Å². The molecule has 2 rings (SSSR count). The number of carboxylic acid groups (broad SMARTS) is 1. The van der Waals surface area contributed by atoms with Crippen molar-refractivity contribution in [3.63, 3.8) is 0 Å². The van der Waals surface area contributed by atoms with Gasteiger partial charge in [-0.2, -0.15) is 0 Å². The molecule has 0 aliphatic carbocycles. The van der Waals surface area contributed by atoms with Crippen molar-refractivity contribution >= 4 is 5.97 Å². The summed E-state index contributed by atoms with van der Waals surface area (Å²) < 4.78 is 18.8. The zero-order valence-corrected chi connectivity index (χ0v) is 10.7. The van der Waals surface area contributed by atoms with Crippen LogP contribution in [0.3, 0.4) is 0 Å². The fourth-order valence-corrected chi connectivity index (χ4v) is 2.18. The fourth-order valence-electron chi connectivity index (χ4n) is 2.18. The summed E-state index contributed by atoms with van der Waals surface area (Å²) in [6, 6.07) is 3.85. The molecule has 4 nitrogen and oxygen atoms in total. The summed E-state index contributed by atoms with van der Waals surface area (Å²) in [5, 5.41) is 12.0. The Morgan fingerprint density at radius 1 is 1.53 bits per heavy atom. The monoisotopic (exact) mass is 267 g/mol. The van der Waals surface area contributed by atoms with Crippen LogP contribution in [0.4, 0.5) is 4.39 Å². The first-order valence-corrected chi connectivity index (χ1v) is 6.47. The standard InChI is InChI=1S/C14H18FNO3/c15-13-2-1-11(14(17)18)7-12(13)8-16-5-3-10-4-6-19-9-10/h1-2,7,10,16H,3-6,8-9H2,(H,17,18). The molecule has 19 heavy (non-hydrogen) atoms. The highest BCUT2D eigenvalue weighted by Crippen LogP contribution is 2.15. The van der Waals surface area contributed by atoms with Gasteiger partial charge in [-0.25, -0.2) is 9.18 Å². The summed E-state index contributed by atoms with van der Waals surface area (Å²) in [6.45, 7) is 2.77. The molecule has 1 aromatic rings. The van der Waals surface area contributed by atoms with Crippen molar-refractivity contribution in [3.8, 4) is 0 Å². The largest absolute Gasteiger partial charge is 0.478 e. The molecule has 1 atom stereocenters. The van der Waals surface area contributed by atoms with Crippen LogP contribution in [0.5, 0.6) is 0 Å². The van der Waals surface area contributed by atoms with E-state index >= 15 is 0 Å². The normalized spacial score (nSPS) is 18.7. The summed E-state index contributed by atoms with van der Waals surface area (Å²) in [7, 11) is 0. The van der Waals surface area contributed by atoms with Crippen LogP contribution in [0.15, 0.2) is 18.2 Å². The number of halogens is 1. The van der Waals surface area contributed by atoms with Crippen molar-refractivity contribution in [2.45, 2.75) is 19.4 Å². The quantitative estimate of drug-likeness (QED) is 0.774. The molecule has 5 heteroatoms. The molecule has 1 fully saturated rings. The van der Waals surface area contributed by atoms with E-state index in [1.54, 1.807) is 0 Å². The zero-order valence-electron chi connectivity index (χ0n) is 10.7. The molecule has 1 aliphatic rings. The van der Waals surface area contributed by atoms with E-state index in [1.165, 1.54) is 18.2 Å². The maximum absolute atomic E-state index is 13.5. The van der Waals surface area contributed by atoms with E-state index in [4.69, 9.17) is 9.84 Å². The maximum atomic E-state index is 13.5. The summed E-state index contributed by atoms with van der Waals surface area (Å²) >= 11 is 0. The lowest BCUT2D eigenvalue weighted by molar-refractivity contribution is 0.0696. The molecule has 1 heterocycles. The van der Waals surface area contributed by atoms with Gasteiger partial charge in [0.1, 0.15) is 5.82 Å². The molecule has 0 saturated carbocycles. The topological polar surface area (TPSA) is 58.6 Å². The van der Waals surface area contributed by atoms with Gasteiger partial charge in [0.15, 0.2) is 0 Å². The Hall–Kier alpha value is -1.46. The fraction of sp³-hybridized carbons (Fsp3) is 0.500. The van der Waals surface area contributed by atoms with E-state index in [2.05, 4.69) is 5.32 Å². The van der Waals surface area contributed by atoms with Gasteiger partial charge < -0.3 is 15.2 Å². The van der Waals surface area contributed by atoms with Gasteiger partial charge in [-0.15, -0.1) is 0 Å². The molecule has 0 bridgehead atoms. The maximum Gasteiger partial charge on any atom is 0.335 e. The number of hydrogen-bond acceptors (Lipinski definition) is 3. The molecule has 104 valence electrons. The second kappa shape index (κ2) is 6.63. The second-order valence-electron chi connectivity index (χ2n) is 4.81. The van der Waals surface area contributed by atoms with Gasteiger partial charge in [-0.05, 0) is 43.5 Å². The van der Waals surface area contributed by atoms with Crippen LogP contribution >= 0.6 is 0 Å². The Morgan fingerprint density at radius 3 is 3.05 bits per heavy atom. The van der Waals surface area contributed by atoms with Crippen LogP contribution in [0, 0.1) is 11.7 Å². The average Bonchev–Trinajstić information content (AvgIpc) is 2.89. The van der Waals surface area contributed by atoms with Gasteiger partial charge in [0.25, 0.3) is 0 Å². The van der Waals surface area contributed by atoms with Gasteiger partial charge in [-0.3, -0.25) is 0 Å². The Balaban J connectivity index is 1.81.